The Morgan fingerprint density at radius 3 is 2.83 bits per heavy atom. The molecule has 1 saturated heterocycles. The highest BCUT2D eigenvalue weighted by atomic mass is 16.6. The van der Waals surface area contributed by atoms with Gasteiger partial charge in [-0.05, 0) is 31.1 Å². The molecule has 0 spiro atoms. The van der Waals surface area contributed by atoms with E-state index in [0.717, 1.165) is 6.42 Å². The summed E-state index contributed by atoms with van der Waals surface area (Å²) in [6.45, 7) is 6.69. The van der Waals surface area contributed by atoms with Crippen LogP contribution in [0.5, 0.6) is 0 Å². The number of unbranched alkanes of at least 4 members (excludes halogenated alkanes) is 3. The number of rotatable bonds is 5. The van der Waals surface area contributed by atoms with Crippen LogP contribution in [0.25, 0.3) is 0 Å². The molecule has 2 heteroatoms. The SMILES string of the molecule is CCCCCCC1(C)CC[C@@H]2C(C1)OC(=O)C2C. The van der Waals surface area contributed by atoms with Crippen molar-refractivity contribution in [3.05, 3.63) is 0 Å². The summed E-state index contributed by atoms with van der Waals surface area (Å²) in [6, 6.07) is 0. The first-order valence-corrected chi connectivity index (χ1v) is 7.76. The third-order valence-electron chi connectivity index (χ3n) is 5.17. The van der Waals surface area contributed by atoms with E-state index in [4.69, 9.17) is 4.74 Å². The van der Waals surface area contributed by atoms with E-state index in [9.17, 15) is 4.79 Å². The highest BCUT2D eigenvalue weighted by Crippen LogP contribution is 2.48. The third-order valence-corrected chi connectivity index (χ3v) is 5.17. The second-order valence-corrected chi connectivity index (χ2v) is 6.79. The van der Waals surface area contributed by atoms with E-state index in [-0.39, 0.29) is 18.0 Å². The fourth-order valence-electron chi connectivity index (χ4n) is 3.78. The standard InChI is InChI=1S/C16H28O2/c1-4-5-6-7-9-16(3)10-8-13-12(2)15(17)18-14(13)11-16/h12-14H,4-11H2,1-3H3/t12?,13-,14?,16?/m0/s1. The van der Waals surface area contributed by atoms with Gasteiger partial charge in [-0.3, -0.25) is 4.79 Å². The van der Waals surface area contributed by atoms with Crippen molar-refractivity contribution in [3.63, 3.8) is 0 Å². The second kappa shape index (κ2) is 5.63. The Hall–Kier alpha value is -0.530. The molecular weight excluding hydrogens is 224 g/mol. The minimum atomic E-state index is 0.0419. The molecule has 0 aromatic heterocycles. The van der Waals surface area contributed by atoms with Crippen LogP contribution >= 0.6 is 0 Å². The molecule has 2 aliphatic rings. The third kappa shape index (κ3) is 2.89. The lowest BCUT2D eigenvalue weighted by Gasteiger charge is -2.39. The zero-order valence-corrected chi connectivity index (χ0v) is 12.2. The molecule has 104 valence electrons. The molecule has 1 aliphatic carbocycles. The maximum absolute atomic E-state index is 11.6. The van der Waals surface area contributed by atoms with Gasteiger partial charge in [0.05, 0.1) is 5.92 Å². The van der Waals surface area contributed by atoms with Crippen LogP contribution in [0.4, 0.5) is 0 Å². The smallest absolute Gasteiger partial charge is 0.309 e. The molecule has 0 amide bonds. The van der Waals surface area contributed by atoms with E-state index in [1.165, 1.54) is 44.9 Å². The van der Waals surface area contributed by atoms with Crippen molar-refractivity contribution in [2.45, 2.75) is 78.2 Å². The maximum Gasteiger partial charge on any atom is 0.309 e. The Labute approximate surface area is 111 Å². The lowest BCUT2D eigenvalue weighted by molar-refractivity contribution is -0.145. The molecule has 3 unspecified atom stereocenters. The van der Waals surface area contributed by atoms with E-state index in [1.54, 1.807) is 0 Å². The summed E-state index contributed by atoms with van der Waals surface area (Å²) < 4.78 is 5.56. The van der Waals surface area contributed by atoms with E-state index < -0.39 is 0 Å². The molecule has 1 heterocycles. The fraction of sp³-hybridized carbons (Fsp3) is 0.938. The van der Waals surface area contributed by atoms with Gasteiger partial charge in [0.25, 0.3) is 0 Å². The summed E-state index contributed by atoms with van der Waals surface area (Å²) in [6.07, 6.45) is 10.4. The molecule has 2 rings (SSSR count). The molecule has 0 aromatic carbocycles. The number of ether oxygens (including phenoxy) is 1. The van der Waals surface area contributed by atoms with E-state index >= 15 is 0 Å². The lowest BCUT2D eigenvalue weighted by Crippen LogP contribution is -2.34. The number of hydrogen-bond acceptors (Lipinski definition) is 2. The van der Waals surface area contributed by atoms with E-state index in [1.807, 2.05) is 6.92 Å². The van der Waals surface area contributed by atoms with Crippen molar-refractivity contribution in [2.24, 2.45) is 17.3 Å². The van der Waals surface area contributed by atoms with Crippen LogP contribution in [0.15, 0.2) is 0 Å². The van der Waals surface area contributed by atoms with Gasteiger partial charge >= 0.3 is 5.97 Å². The minimum absolute atomic E-state index is 0.0419. The summed E-state index contributed by atoms with van der Waals surface area (Å²) in [7, 11) is 0. The largest absolute Gasteiger partial charge is 0.462 e. The van der Waals surface area contributed by atoms with Gasteiger partial charge < -0.3 is 4.74 Å². The van der Waals surface area contributed by atoms with Gasteiger partial charge in [0, 0.05) is 5.92 Å². The Bertz CT molecular complexity index is 299. The van der Waals surface area contributed by atoms with Crippen LogP contribution in [-0.4, -0.2) is 12.1 Å². The molecule has 0 bridgehead atoms. The van der Waals surface area contributed by atoms with Gasteiger partial charge in [0.15, 0.2) is 0 Å². The van der Waals surface area contributed by atoms with Crippen LogP contribution in [0.3, 0.4) is 0 Å². The minimum Gasteiger partial charge on any atom is -0.462 e. The van der Waals surface area contributed by atoms with Crippen LogP contribution in [0, 0.1) is 17.3 Å². The first-order valence-electron chi connectivity index (χ1n) is 7.76. The summed E-state index contributed by atoms with van der Waals surface area (Å²) in [4.78, 5) is 11.6. The van der Waals surface area contributed by atoms with Crippen molar-refractivity contribution < 1.29 is 9.53 Å². The van der Waals surface area contributed by atoms with Gasteiger partial charge in [0.2, 0.25) is 0 Å². The topological polar surface area (TPSA) is 26.3 Å². The molecule has 18 heavy (non-hydrogen) atoms. The Kier molecular flexibility index (Phi) is 4.34. The van der Waals surface area contributed by atoms with Crippen molar-refractivity contribution in [2.75, 3.05) is 0 Å². The van der Waals surface area contributed by atoms with Crippen LogP contribution < -0.4 is 0 Å². The molecule has 1 aliphatic heterocycles. The van der Waals surface area contributed by atoms with Crippen LogP contribution in [0.2, 0.25) is 0 Å². The summed E-state index contributed by atoms with van der Waals surface area (Å²) in [5.74, 6) is 0.682. The predicted octanol–water partition coefficient (Wildman–Crippen LogP) is 4.32. The monoisotopic (exact) mass is 252 g/mol. The average molecular weight is 252 g/mol. The van der Waals surface area contributed by atoms with Crippen molar-refractivity contribution >= 4 is 5.97 Å². The van der Waals surface area contributed by atoms with Crippen molar-refractivity contribution in [3.8, 4) is 0 Å². The number of hydrogen-bond donors (Lipinski definition) is 0. The molecule has 0 N–H and O–H groups in total. The molecule has 2 nitrogen and oxygen atoms in total. The summed E-state index contributed by atoms with van der Waals surface area (Å²) in [5, 5.41) is 0. The number of carbonyl (C=O) groups excluding carboxylic acids is 1. The van der Waals surface area contributed by atoms with Gasteiger partial charge in [-0.1, -0.05) is 46.5 Å². The van der Waals surface area contributed by atoms with E-state index in [2.05, 4.69) is 13.8 Å². The van der Waals surface area contributed by atoms with Crippen LogP contribution in [0.1, 0.15) is 72.1 Å². The van der Waals surface area contributed by atoms with Gasteiger partial charge in [-0.25, -0.2) is 0 Å². The first kappa shape index (κ1) is 13.9. The zero-order chi connectivity index (χ0) is 13.2. The zero-order valence-electron chi connectivity index (χ0n) is 12.2. The van der Waals surface area contributed by atoms with Gasteiger partial charge in [-0.2, -0.15) is 0 Å². The van der Waals surface area contributed by atoms with Crippen LogP contribution in [-0.2, 0) is 9.53 Å². The molecule has 0 aromatic rings. The Morgan fingerprint density at radius 1 is 1.33 bits per heavy atom. The number of esters is 1. The Morgan fingerprint density at radius 2 is 2.11 bits per heavy atom. The van der Waals surface area contributed by atoms with Gasteiger partial charge in [-0.15, -0.1) is 0 Å². The highest BCUT2D eigenvalue weighted by molar-refractivity contribution is 5.74. The maximum atomic E-state index is 11.6. The first-order chi connectivity index (χ1) is 8.56. The normalized spacial score (nSPS) is 39.5. The van der Waals surface area contributed by atoms with Gasteiger partial charge in [0.1, 0.15) is 6.10 Å². The average Bonchev–Trinajstić information content (AvgIpc) is 2.60. The predicted molar refractivity (Wildman–Crippen MR) is 73.3 cm³/mol. The number of fused-ring (bicyclic) bond motifs is 1. The molecule has 4 atom stereocenters. The molecular formula is C16H28O2. The lowest BCUT2D eigenvalue weighted by atomic mass is 9.66. The number of carbonyl (C=O) groups is 1. The fourth-order valence-corrected chi connectivity index (χ4v) is 3.78. The second-order valence-electron chi connectivity index (χ2n) is 6.79. The molecule has 0 radical (unpaired) electrons. The van der Waals surface area contributed by atoms with Crippen molar-refractivity contribution in [1.82, 2.24) is 0 Å². The van der Waals surface area contributed by atoms with E-state index in [0.29, 0.717) is 11.3 Å². The Balaban J connectivity index is 1.84. The summed E-state index contributed by atoms with van der Waals surface area (Å²) >= 11 is 0. The van der Waals surface area contributed by atoms with Crippen molar-refractivity contribution in [1.29, 1.82) is 0 Å². The molecule has 2 fully saturated rings. The highest BCUT2D eigenvalue weighted by Gasteiger charge is 2.48. The molecule has 1 saturated carbocycles. The quantitative estimate of drug-likeness (QED) is 0.538. The summed E-state index contributed by atoms with van der Waals surface area (Å²) in [5.41, 5.74) is 0.416.